The molecule has 0 unspecified atom stereocenters. The number of hydrogen-bond acceptors (Lipinski definition) is 1. The van der Waals surface area contributed by atoms with Gasteiger partial charge in [-0.1, -0.05) is 36.9 Å². The van der Waals surface area contributed by atoms with Crippen molar-refractivity contribution in [1.29, 1.82) is 0 Å². The number of ether oxygens (including phenoxy) is 1. The second-order valence-electron chi connectivity index (χ2n) is 3.01. The van der Waals surface area contributed by atoms with Crippen LogP contribution in [0.3, 0.4) is 0 Å². The first-order valence-electron chi connectivity index (χ1n) is 4.54. The van der Waals surface area contributed by atoms with E-state index in [1.807, 2.05) is 36.4 Å². The van der Waals surface area contributed by atoms with Gasteiger partial charge in [0.25, 0.3) is 0 Å². The molecule has 0 spiro atoms. The van der Waals surface area contributed by atoms with Crippen molar-refractivity contribution in [1.82, 2.24) is 0 Å². The Labute approximate surface area is 83.6 Å². The maximum Gasteiger partial charge on any atom is 0.128 e. The second kappa shape index (κ2) is 3.97. The fourth-order valence-corrected chi connectivity index (χ4v) is 1.40. The first-order valence-corrected chi connectivity index (χ1v) is 4.54. The van der Waals surface area contributed by atoms with Crippen molar-refractivity contribution in [2.45, 2.75) is 0 Å². The van der Waals surface area contributed by atoms with Crippen molar-refractivity contribution in [2.24, 2.45) is 0 Å². The quantitative estimate of drug-likeness (QED) is 0.664. The molecular weight excluding hydrogens is 172 g/mol. The van der Waals surface area contributed by atoms with E-state index in [0.29, 0.717) is 6.61 Å². The summed E-state index contributed by atoms with van der Waals surface area (Å²) in [5.74, 6) is 0.864. The lowest BCUT2D eigenvalue weighted by molar-refractivity contribution is 0.367. The van der Waals surface area contributed by atoms with Gasteiger partial charge in [-0.15, -0.1) is 0 Å². The van der Waals surface area contributed by atoms with Crippen LogP contribution in [-0.2, 0) is 0 Å². The highest BCUT2D eigenvalue weighted by molar-refractivity contribution is 5.87. The van der Waals surface area contributed by atoms with Crippen LogP contribution in [0.1, 0.15) is 0 Å². The topological polar surface area (TPSA) is 9.23 Å². The molecule has 0 aromatic heterocycles. The van der Waals surface area contributed by atoms with E-state index >= 15 is 0 Å². The first kappa shape index (κ1) is 8.82. The van der Waals surface area contributed by atoms with E-state index in [1.165, 1.54) is 0 Å². The molecule has 2 aromatic rings. The lowest BCUT2D eigenvalue weighted by atomic mass is 10.1. The molecule has 0 aliphatic heterocycles. The molecule has 0 saturated carbocycles. The summed E-state index contributed by atoms with van der Waals surface area (Å²) in [6, 6.07) is 15.0. The zero-order valence-corrected chi connectivity index (χ0v) is 7.86. The molecule has 0 bridgehead atoms. The molecule has 1 nitrogen and oxygen atoms in total. The summed E-state index contributed by atoms with van der Waals surface area (Å²) in [7, 11) is 0. The van der Waals surface area contributed by atoms with Gasteiger partial charge in [-0.25, -0.2) is 0 Å². The van der Waals surface area contributed by atoms with Crippen LogP contribution < -0.4 is 4.74 Å². The van der Waals surface area contributed by atoms with Gasteiger partial charge in [0, 0.05) is 5.39 Å². The Kier molecular flexibility index (Phi) is 2.50. The molecule has 0 amide bonds. The van der Waals surface area contributed by atoms with Crippen LogP contribution in [-0.4, -0.2) is 6.61 Å². The minimum atomic E-state index is 0.530. The van der Waals surface area contributed by atoms with Crippen LogP contribution in [0.25, 0.3) is 10.8 Å². The molecule has 0 saturated heterocycles. The van der Waals surface area contributed by atoms with E-state index in [9.17, 15) is 0 Å². The Morgan fingerprint density at radius 1 is 1.29 bits per heavy atom. The highest BCUT2D eigenvalue weighted by Crippen LogP contribution is 2.24. The average molecular weight is 183 g/mol. The summed E-state index contributed by atoms with van der Waals surface area (Å²) >= 11 is 0. The first-order chi connectivity index (χ1) is 6.92. The molecule has 0 heterocycles. The molecule has 0 aliphatic rings. The normalized spacial score (nSPS) is 10.0. The van der Waals surface area contributed by atoms with E-state index in [2.05, 4.69) is 12.6 Å². The molecule has 2 aromatic carbocycles. The van der Waals surface area contributed by atoms with Gasteiger partial charge in [0.15, 0.2) is 0 Å². The number of benzene rings is 2. The smallest absolute Gasteiger partial charge is 0.128 e. The molecule has 69 valence electrons. The molecule has 0 N–H and O–H groups in total. The zero-order valence-electron chi connectivity index (χ0n) is 7.86. The molecule has 0 atom stereocenters. The Hall–Kier alpha value is -1.76. The Bertz CT molecular complexity index is 440. The average Bonchev–Trinajstić information content (AvgIpc) is 2.26. The van der Waals surface area contributed by atoms with Gasteiger partial charge < -0.3 is 4.74 Å². The fraction of sp³-hybridized carbons (Fsp3) is 0.0769. The van der Waals surface area contributed by atoms with Crippen molar-refractivity contribution in [3.05, 3.63) is 55.1 Å². The standard InChI is InChI=1S/C13H11O/c1-2-10-14-13-9-5-7-11-6-3-4-8-12(11)13/h2-4,6-9H,1,10H2. The summed E-state index contributed by atoms with van der Waals surface area (Å²) in [4.78, 5) is 0. The third-order valence-corrected chi connectivity index (χ3v) is 2.04. The largest absolute Gasteiger partial charge is 0.489 e. The van der Waals surface area contributed by atoms with E-state index in [0.717, 1.165) is 16.5 Å². The minimum Gasteiger partial charge on any atom is -0.489 e. The van der Waals surface area contributed by atoms with Gasteiger partial charge >= 0.3 is 0 Å². The maximum atomic E-state index is 5.52. The van der Waals surface area contributed by atoms with E-state index in [4.69, 9.17) is 4.74 Å². The van der Waals surface area contributed by atoms with Crippen LogP contribution >= 0.6 is 0 Å². The molecular formula is C13H11O. The molecule has 1 radical (unpaired) electrons. The Morgan fingerprint density at radius 2 is 2.14 bits per heavy atom. The number of fused-ring (bicyclic) bond motifs is 1. The molecule has 14 heavy (non-hydrogen) atoms. The van der Waals surface area contributed by atoms with Gasteiger partial charge in [0.1, 0.15) is 12.4 Å². The fourth-order valence-electron chi connectivity index (χ4n) is 1.40. The van der Waals surface area contributed by atoms with Crippen LogP contribution in [0.4, 0.5) is 0 Å². The molecule has 1 heteroatoms. The van der Waals surface area contributed by atoms with E-state index < -0.39 is 0 Å². The van der Waals surface area contributed by atoms with Gasteiger partial charge in [0.05, 0.1) is 0 Å². The van der Waals surface area contributed by atoms with Gasteiger partial charge in [-0.05, 0) is 23.6 Å². The second-order valence-corrected chi connectivity index (χ2v) is 3.01. The van der Waals surface area contributed by atoms with Crippen molar-refractivity contribution in [3.8, 4) is 5.75 Å². The van der Waals surface area contributed by atoms with E-state index in [1.54, 1.807) is 6.08 Å². The molecule has 2 rings (SSSR count). The maximum absolute atomic E-state index is 5.52. The predicted molar refractivity (Wildman–Crippen MR) is 58.5 cm³/mol. The Morgan fingerprint density at radius 3 is 3.00 bits per heavy atom. The molecule has 0 aliphatic carbocycles. The van der Waals surface area contributed by atoms with Crippen molar-refractivity contribution in [2.75, 3.05) is 6.61 Å². The van der Waals surface area contributed by atoms with Crippen LogP contribution in [0.15, 0.2) is 49.1 Å². The zero-order chi connectivity index (χ0) is 9.80. The summed E-state index contributed by atoms with van der Waals surface area (Å²) in [6.45, 7) is 4.15. The van der Waals surface area contributed by atoms with Crippen molar-refractivity contribution < 1.29 is 4.74 Å². The summed E-state index contributed by atoms with van der Waals surface area (Å²) in [6.07, 6.45) is 1.74. The Balaban J connectivity index is 2.48. The lowest BCUT2D eigenvalue weighted by Crippen LogP contribution is -1.93. The predicted octanol–water partition coefficient (Wildman–Crippen LogP) is 3.20. The summed E-state index contributed by atoms with van der Waals surface area (Å²) in [5, 5.41) is 2.27. The van der Waals surface area contributed by atoms with Crippen LogP contribution in [0, 0.1) is 6.07 Å². The third-order valence-electron chi connectivity index (χ3n) is 2.04. The van der Waals surface area contributed by atoms with Crippen molar-refractivity contribution >= 4 is 10.8 Å². The number of rotatable bonds is 3. The van der Waals surface area contributed by atoms with Gasteiger partial charge in [-0.2, -0.15) is 0 Å². The van der Waals surface area contributed by atoms with Gasteiger partial charge in [-0.3, -0.25) is 0 Å². The minimum absolute atomic E-state index is 0.530. The summed E-state index contributed by atoms with van der Waals surface area (Å²) < 4.78 is 5.52. The van der Waals surface area contributed by atoms with Gasteiger partial charge in [0.2, 0.25) is 0 Å². The SMILES string of the molecule is C=CCOc1c[c]cc2ccccc12. The van der Waals surface area contributed by atoms with E-state index in [-0.39, 0.29) is 0 Å². The third kappa shape index (κ3) is 1.62. The van der Waals surface area contributed by atoms with Crippen LogP contribution in [0.5, 0.6) is 5.75 Å². The number of hydrogen-bond donors (Lipinski definition) is 0. The van der Waals surface area contributed by atoms with Crippen molar-refractivity contribution in [3.63, 3.8) is 0 Å². The van der Waals surface area contributed by atoms with Crippen LogP contribution in [0.2, 0.25) is 0 Å². The summed E-state index contributed by atoms with van der Waals surface area (Å²) in [5.41, 5.74) is 0. The monoisotopic (exact) mass is 183 g/mol. The highest BCUT2D eigenvalue weighted by Gasteiger charge is 1.99. The lowest BCUT2D eigenvalue weighted by Gasteiger charge is -2.06. The molecule has 0 fully saturated rings. The highest BCUT2D eigenvalue weighted by atomic mass is 16.5.